The molecule has 0 aliphatic carbocycles. The number of nitrogens with zero attached hydrogens (tertiary/aromatic N) is 2. The molecule has 9 heteroatoms. The van der Waals surface area contributed by atoms with Crippen molar-refractivity contribution < 1.29 is 13.2 Å². The number of guanidine groups is 1. The lowest BCUT2D eigenvalue weighted by molar-refractivity contribution is 0.0827. The number of benzene rings is 2. The van der Waals surface area contributed by atoms with Crippen molar-refractivity contribution in [2.24, 2.45) is 10.1 Å². The Labute approximate surface area is 171 Å². The highest BCUT2D eigenvalue weighted by molar-refractivity contribution is 7.89. The largest absolute Gasteiger partial charge is 0.356 e. The van der Waals surface area contributed by atoms with Gasteiger partial charge in [0.2, 0.25) is 10.0 Å². The standard InChI is InChI=1S/C20H27N5O3S/c1-22-20(23-13-12-15-6-10-18(11-7-15)29(21,27)28)24-14-16-4-8-17(9-5-16)19(26)25(2)3/h4-11H,12-14H2,1-3H3,(H2,21,27,28)(H2,22,23,24). The number of carbonyl (C=O) groups excluding carboxylic acids is 1. The molecular formula is C20H27N5O3S. The summed E-state index contributed by atoms with van der Waals surface area (Å²) in [5.41, 5.74) is 2.66. The second-order valence-electron chi connectivity index (χ2n) is 6.69. The van der Waals surface area contributed by atoms with Crippen molar-refractivity contribution >= 4 is 21.9 Å². The predicted octanol–water partition coefficient (Wildman–Crippen LogP) is 0.944. The first kappa shape index (κ1) is 22.4. The summed E-state index contributed by atoms with van der Waals surface area (Å²) in [6.45, 7) is 1.20. The van der Waals surface area contributed by atoms with E-state index in [0.29, 0.717) is 31.0 Å². The summed E-state index contributed by atoms with van der Waals surface area (Å²) in [6.07, 6.45) is 0.701. The molecule has 156 valence electrons. The van der Waals surface area contributed by atoms with Crippen molar-refractivity contribution in [2.45, 2.75) is 17.9 Å². The van der Waals surface area contributed by atoms with E-state index >= 15 is 0 Å². The van der Waals surface area contributed by atoms with Gasteiger partial charge in [-0.3, -0.25) is 9.79 Å². The molecule has 0 aliphatic rings. The van der Waals surface area contributed by atoms with Gasteiger partial charge in [0.05, 0.1) is 4.90 Å². The van der Waals surface area contributed by atoms with Crippen molar-refractivity contribution in [3.8, 4) is 0 Å². The summed E-state index contributed by atoms with van der Waals surface area (Å²) < 4.78 is 22.6. The number of hydrogen-bond acceptors (Lipinski definition) is 4. The van der Waals surface area contributed by atoms with Gasteiger partial charge in [-0.1, -0.05) is 24.3 Å². The van der Waals surface area contributed by atoms with Crippen LogP contribution >= 0.6 is 0 Å². The van der Waals surface area contributed by atoms with E-state index in [2.05, 4.69) is 15.6 Å². The number of aliphatic imine (C=N–C) groups is 1. The first-order chi connectivity index (χ1) is 13.7. The maximum atomic E-state index is 11.9. The van der Waals surface area contributed by atoms with Gasteiger partial charge in [-0.05, 0) is 41.8 Å². The molecular weight excluding hydrogens is 390 g/mol. The first-order valence-electron chi connectivity index (χ1n) is 9.07. The van der Waals surface area contributed by atoms with Crippen LogP contribution in [0.15, 0.2) is 58.4 Å². The molecule has 8 nitrogen and oxygen atoms in total. The zero-order chi connectivity index (χ0) is 21.4. The number of hydrogen-bond donors (Lipinski definition) is 3. The van der Waals surface area contributed by atoms with Crippen LogP contribution in [-0.4, -0.2) is 52.9 Å². The van der Waals surface area contributed by atoms with Crippen molar-refractivity contribution in [1.29, 1.82) is 0 Å². The Kier molecular flexibility index (Phi) is 7.74. The molecule has 2 rings (SSSR count). The minimum absolute atomic E-state index is 0.0286. The molecule has 0 aliphatic heterocycles. The molecule has 0 saturated carbocycles. The zero-order valence-corrected chi connectivity index (χ0v) is 17.7. The van der Waals surface area contributed by atoms with Gasteiger partial charge >= 0.3 is 0 Å². The second-order valence-corrected chi connectivity index (χ2v) is 8.25. The van der Waals surface area contributed by atoms with Crippen LogP contribution < -0.4 is 15.8 Å². The minimum atomic E-state index is -3.67. The number of rotatable bonds is 7. The fourth-order valence-corrected chi connectivity index (χ4v) is 3.12. The van der Waals surface area contributed by atoms with Gasteiger partial charge < -0.3 is 15.5 Å². The van der Waals surface area contributed by atoms with E-state index < -0.39 is 10.0 Å². The first-order valence-corrected chi connectivity index (χ1v) is 10.6. The summed E-state index contributed by atoms with van der Waals surface area (Å²) in [4.78, 5) is 17.7. The highest BCUT2D eigenvalue weighted by Crippen LogP contribution is 2.09. The number of sulfonamides is 1. The van der Waals surface area contributed by atoms with Crippen molar-refractivity contribution in [3.05, 3.63) is 65.2 Å². The van der Waals surface area contributed by atoms with Gasteiger partial charge in [0, 0.05) is 39.8 Å². The fourth-order valence-electron chi connectivity index (χ4n) is 2.60. The minimum Gasteiger partial charge on any atom is -0.356 e. The van der Waals surface area contributed by atoms with Crippen molar-refractivity contribution in [3.63, 3.8) is 0 Å². The van der Waals surface area contributed by atoms with Crippen LogP contribution in [-0.2, 0) is 23.0 Å². The Morgan fingerprint density at radius 3 is 2.10 bits per heavy atom. The Bertz CT molecular complexity index is 953. The highest BCUT2D eigenvalue weighted by atomic mass is 32.2. The van der Waals surface area contributed by atoms with Gasteiger partial charge in [-0.15, -0.1) is 0 Å². The maximum Gasteiger partial charge on any atom is 0.253 e. The van der Waals surface area contributed by atoms with Crippen molar-refractivity contribution in [2.75, 3.05) is 27.7 Å². The quantitative estimate of drug-likeness (QED) is 0.458. The van der Waals surface area contributed by atoms with E-state index in [1.165, 1.54) is 12.1 Å². The number of carbonyl (C=O) groups is 1. The highest BCUT2D eigenvalue weighted by Gasteiger charge is 2.08. The molecule has 4 N–H and O–H groups in total. The van der Waals surface area contributed by atoms with Crippen LogP contribution in [0.1, 0.15) is 21.5 Å². The molecule has 0 atom stereocenters. The number of amides is 1. The third kappa shape index (κ3) is 6.88. The topological polar surface area (TPSA) is 117 Å². The van der Waals surface area contributed by atoms with Crippen LogP contribution in [0.5, 0.6) is 0 Å². The maximum absolute atomic E-state index is 11.9. The molecule has 0 heterocycles. The average Bonchev–Trinajstić information content (AvgIpc) is 2.70. The van der Waals surface area contributed by atoms with Crippen LogP contribution in [0.2, 0.25) is 0 Å². The lowest BCUT2D eigenvalue weighted by Gasteiger charge is -2.13. The number of nitrogens with one attached hydrogen (secondary N) is 2. The Morgan fingerprint density at radius 2 is 1.59 bits per heavy atom. The second kappa shape index (κ2) is 10.0. The lowest BCUT2D eigenvalue weighted by Crippen LogP contribution is -2.37. The molecule has 2 aromatic carbocycles. The van der Waals surface area contributed by atoms with E-state index in [-0.39, 0.29) is 10.8 Å². The molecule has 29 heavy (non-hydrogen) atoms. The third-order valence-corrected chi connectivity index (χ3v) is 5.18. The van der Waals surface area contributed by atoms with Crippen LogP contribution in [0.3, 0.4) is 0 Å². The molecule has 0 aromatic heterocycles. The molecule has 2 aromatic rings. The Balaban J connectivity index is 1.81. The van der Waals surface area contributed by atoms with E-state index in [1.54, 1.807) is 50.3 Å². The third-order valence-electron chi connectivity index (χ3n) is 4.25. The molecule has 0 radical (unpaired) electrons. The smallest absolute Gasteiger partial charge is 0.253 e. The summed E-state index contributed by atoms with van der Waals surface area (Å²) >= 11 is 0. The Hall–Kier alpha value is -2.91. The molecule has 0 fully saturated rings. The summed E-state index contributed by atoms with van der Waals surface area (Å²) in [6, 6.07) is 13.9. The number of nitrogens with two attached hydrogens (primary N) is 1. The monoisotopic (exact) mass is 417 g/mol. The molecule has 0 bridgehead atoms. The van der Waals surface area contributed by atoms with E-state index in [0.717, 1.165) is 11.1 Å². The fraction of sp³-hybridized carbons (Fsp3) is 0.300. The molecule has 0 spiro atoms. The summed E-state index contributed by atoms with van der Waals surface area (Å²) in [5.74, 6) is 0.624. The van der Waals surface area contributed by atoms with E-state index in [9.17, 15) is 13.2 Å². The SMILES string of the molecule is CN=C(NCCc1ccc(S(N)(=O)=O)cc1)NCc1ccc(C(=O)N(C)C)cc1. The van der Waals surface area contributed by atoms with Crippen LogP contribution in [0, 0.1) is 0 Å². The van der Waals surface area contributed by atoms with Gasteiger partial charge in [0.25, 0.3) is 5.91 Å². The van der Waals surface area contributed by atoms with Gasteiger partial charge in [0.1, 0.15) is 0 Å². The lowest BCUT2D eigenvalue weighted by atomic mass is 10.1. The molecule has 0 saturated heterocycles. The molecule has 1 amide bonds. The summed E-state index contributed by atoms with van der Waals surface area (Å²) in [5, 5.41) is 11.5. The van der Waals surface area contributed by atoms with Gasteiger partial charge in [-0.2, -0.15) is 0 Å². The van der Waals surface area contributed by atoms with E-state index in [1.807, 2.05) is 12.1 Å². The zero-order valence-electron chi connectivity index (χ0n) is 16.8. The summed E-state index contributed by atoms with van der Waals surface area (Å²) in [7, 11) is 1.47. The van der Waals surface area contributed by atoms with E-state index in [4.69, 9.17) is 5.14 Å². The predicted molar refractivity (Wildman–Crippen MR) is 114 cm³/mol. The number of primary sulfonamides is 1. The molecule has 0 unspecified atom stereocenters. The van der Waals surface area contributed by atoms with Gasteiger partial charge in [0.15, 0.2) is 5.96 Å². The van der Waals surface area contributed by atoms with Crippen molar-refractivity contribution in [1.82, 2.24) is 15.5 Å². The normalized spacial score (nSPS) is 11.8. The van der Waals surface area contributed by atoms with Gasteiger partial charge in [-0.25, -0.2) is 13.6 Å². The average molecular weight is 418 g/mol. The van der Waals surface area contributed by atoms with Crippen LogP contribution in [0.4, 0.5) is 0 Å². The Morgan fingerprint density at radius 1 is 1.00 bits per heavy atom. The van der Waals surface area contributed by atoms with Crippen LogP contribution in [0.25, 0.3) is 0 Å².